The lowest BCUT2D eigenvalue weighted by atomic mass is 10.00. The van der Waals surface area contributed by atoms with Gasteiger partial charge in [-0.2, -0.15) is 26.3 Å². The molecular weight excluding hydrogens is 883 g/mol. The fraction of sp³-hybridized carbons (Fsp3) is 0.367. The molecule has 356 valence electrons. The first-order chi connectivity index (χ1) is 31.8. The molecule has 2 heterocycles. The molecule has 0 spiro atoms. The third-order valence-corrected chi connectivity index (χ3v) is 11.4. The van der Waals surface area contributed by atoms with Crippen molar-refractivity contribution in [2.24, 2.45) is 11.7 Å². The predicted molar refractivity (Wildman–Crippen MR) is 236 cm³/mol. The van der Waals surface area contributed by atoms with E-state index in [1.54, 1.807) is 68.6 Å². The summed E-state index contributed by atoms with van der Waals surface area (Å²) in [5.74, 6) is -3.96. The Morgan fingerprint density at radius 3 is 1.91 bits per heavy atom. The number of para-hydroxylation sites is 1. The average Bonchev–Trinajstić information content (AvgIpc) is 3.95. The van der Waals surface area contributed by atoms with Crippen LogP contribution < -0.4 is 21.7 Å². The molecule has 1 aliphatic rings. The number of rotatable bonds is 18. The summed E-state index contributed by atoms with van der Waals surface area (Å²) in [5.41, 5.74) is 5.30. The summed E-state index contributed by atoms with van der Waals surface area (Å²) < 4.78 is 87.0. The summed E-state index contributed by atoms with van der Waals surface area (Å²) in [6, 6.07) is 20.0. The van der Waals surface area contributed by atoms with Crippen molar-refractivity contribution in [3.8, 4) is 0 Å². The minimum Gasteiger partial charge on any atom is -0.459 e. The number of benzene rings is 4. The van der Waals surface area contributed by atoms with Crippen LogP contribution in [0.2, 0.25) is 0 Å². The first-order valence-electron chi connectivity index (χ1n) is 21.8. The first kappa shape index (κ1) is 49.7. The van der Waals surface area contributed by atoms with E-state index in [4.69, 9.17) is 10.5 Å². The summed E-state index contributed by atoms with van der Waals surface area (Å²) >= 11 is 0. The maximum absolute atomic E-state index is 14.4. The van der Waals surface area contributed by atoms with Crippen LogP contribution in [0.4, 0.5) is 26.3 Å². The Morgan fingerprint density at radius 2 is 1.30 bits per heavy atom. The second kappa shape index (κ2) is 21.7. The minimum absolute atomic E-state index is 0.0414. The quantitative estimate of drug-likeness (QED) is 0.0475. The van der Waals surface area contributed by atoms with E-state index in [9.17, 15) is 50.3 Å². The van der Waals surface area contributed by atoms with Crippen LogP contribution in [-0.2, 0) is 66.9 Å². The van der Waals surface area contributed by atoms with Crippen LogP contribution in [0.25, 0.3) is 10.9 Å². The molecule has 1 saturated heterocycles. The second-order valence-corrected chi connectivity index (χ2v) is 17.1. The lowest BCUT2D eigenvalue weighted by Gasteiger charge is -2.31. The standard InChI is InChI=1S/C49H52F6N6O6/c1-29(2)20-39(58-45(64)42-18-11-19-61(42)46(65)40(24-31-14-7-4-8-15-31)59-43(62)37(56)23-30-12-5-3-6-13-30)44(63)60-41(25-33-27-57-38-17-10-9-16-36(33)38)47(66)67-28-32-21-34(48(50,51)52)26-35(22-32)49(53,54)55/h3-10,12-17,21-22,26-27,29,37,39-42,57H,11,18-20,23-25,28,56H2,1-2H3,(H,58,64)(H,59,62)(H,60,63)/t37-,39-,40+,41-,42-/m0/s1. The fourth-order valence-electron chi connectivity index (χ4n) is 8.11. The van der Waals surface area contributed by atoms with E-state index in [0.29, 0.717) is 35.0 Å². The molecule has 1 aliphatic heterocycles. The monoisotopic (exact) mass is 934 g/mol. The van der Waals surface area contributed by atoms with Gasteiger partial charge in [0.2, 0.25) is 23.6 Å². The average molecular weight is 935 g/mol. The van der Waals surface area contributed by atoms with Crippen molar-refractivity contribution in [2.75, 3.05) is 6.54 Å². The van der Waals surface area contributed by atoms with Crippen LogP contribution in [0, 0.1) is 5.92 Å². The van der Waals surface area contributed by atoms with Gasteiger partial charge >= 0.3 is 18.3 Å². The number of amides is 4. The number of nitrogens with zero attached hydrogens (tertiary/aromatic N) is 1. The number of nitrogens with two attached hydrogens (primary N) is 1. The number of aromatic amines is 1. The maximum Gasteiger partial charge on any atom is 0.416 e. The van der Waals surface area contributed by atoms with E-state index in [2.05, 4.69) is 20.9 Å². The molecule has 1 fully saturated rings. The third-order valence-electron chi connectivity index (χ3n) is 11.4. The van der Waals surface area contributed by atoms with Crippen molar-refractivity contribution in [2.45, 2.75) is 102 Å². The van der Waals surface area contributed by atoms with E-state index in [0.717, 1.165) is 11.1 Å². The zero-order valence-corrected chi connectivity index (χ0v) is 36.8. The smallest absolute Gasteiger partial charge is 0.416 e. The first-order valence-corrected chi connectivity index (χ1v) is 21.8. The van der Waals surface area contributed by atoms with Crippen molar-refractivity contribution in [3.63, 3.8) is 0 Å². The molecule has 12 nitrogen and oxygen atoms in total. The van der Waals surface area contributed by atoms with Crippen molar-refractivity contribution >= 4 is 40.5 Å². The molecule has 5 atom stereocenters. The van der Waals surface area contributed by atoms with Gasteiger partial charge < -0.3 is 36.3 Å². The predicted octanol–water partition coefficient (Wildman–Crippen LogP) is 6.80. The number of carbonyl (C=O) groups excluding carboxylic acids is 5. The van der Waals surface area contributed by atoms with Gasteiger partial charge in [-0.25, -0.2) is 4.79 Å². The van der Waals surface area contributed by atoms with E-state index < -0.39 is 95.5 Å². The van der Waals surface area contributed by atoms with Gasteiger partial charge in [-0.05, 0) is 78.1 Å². The van der Waals surface area contributed by atoms with Crippen LogP contribution in [0.1, 0.15) is 66.5 Å². The van der Waals surface area contributed by atoms with Gasteiger partial charge in [-0.1, -0.05) is 92.7 Å². The lowest BCUT2D eigenvalue weighted by Crippen LogP contribution is -2.58. The molecule has 0 bridgehead atoms. The number of fused-ring (bicyclic) bond motifs is 1. The highest BCUT2D eigenvalue weighted by Crippen LogP contribution is 2.36. The Labute approximate surface area is 383 Å². The Morgan fingerprint density at radius 1 is 0.716 bits per heavy atom. The topological polar surface area (TPSA) is 176 Å². The Kier molecular flexibility index (Phi) is 16.1. The van der Waals surface area contributed by atoms with E-state index >= 15 is 0 Å². The van der Waals surface area contributed by atoms with Crippen molar-refractivity contribution in [1.29, 1.82) is 0 Å². The number of esters is 1. The molecule has 0 saturated carbocycles. The highest BCUT2D eigenvalue weighted by molar-refractivity contribution is 5.96. The summed E-state index contributed by atoms with van der Waals surface area (Å²) in [4.78, 5) is 74.5. The summed E-state index contributed by atoms with van der Waals surface area (Å²) in [5, 5.41) is 8.85. The molecule has 6 N–H and O–H groups in total. The Hall–Kier alpha value is -6.69. The van der Waals surface area contributed by atoms with E-state index in [-0.39, 0.29) is 50.6 Å². The van der Waals surface area contributed by atoms with Crippen LogP contribution in [-0.4, -0.2) is 76.2 Å². The summed E-state index contributed by atoms with van der Waals surface area (Å²) in [7, 11) is 0. The summed E-state index contributed by atoms with van der Waals surface area (Å²) in [6.07, 6.45) is -7.88. The summed E-state index contributed by atoms with van der Waals surface area (Å²) in [6.45, 7) is 2.76. The normalized spacial score (nSPS) is 16.0. The molecule has 4 amide bonds. The largest absolute Gasteiger partial charge is 0.459 e. The molecule has 67 heavy (non-hydrogen) atoms. The van der Waals surface area contributed by atoms with Gasteiger partial charge in [0.1, 0.15) is 30.8 Å². The molecule has 1 aromatic heterocycles. The van der Waals surface area contributed by atoms with E-state index in [1.165, 1.54) is 4.90 Å². The number of carbonyl (C=O) groups is 5. The van der Waals surface area contributed by atoms with Gasteiger partial charge in [-0.15, -0.1) is 0 Å². The van der Waals surface area contributed by atoms with E-state index in [1.807, 2.05) is 36.4 Å². The number of alkyl halides is 6. The number of hydrogen-bond donors (Lipinski definition) is 5. The number of ether oxygens (including phenoxy) is 1. The molecule has 0 aliphatic carbocycles. The van der Waals surface area contributed by atoms with Gasteiger partial charge in [0.15, 0.2) is 0 Å². The van der Waals surface area contributed by atoms with Crippen LogP contribution in [0.15, 0.2) is 109 Å². The zero-order valence-electron chi connectivity index (χ0n) is 36.8. The van der Waals surface area contributed by atoms with Gasteiger partial charge in [0.25, 0.3) is 0 Å². The van der Waals surface area contributed by atoms with Crippen molar-refractivity contribution in [1.82, 2.24) is 25.8 Å². The molecule has 4 aromatic carbocycles. The third kappa shape index (κ3) is 13.5. The van der Waals surface area contributed by atoms with Gasteiger partial charge in [-0.3, -0.25) is 19.2 Å². The number of likely N-dealkylation sites (tertiary alicyclic amines) is 1. The fourth-order valence-corrected chi connectivity index (χ4v) is 8.11. The molecule has 6 rings (SSSR count). The van der Waals surface area contributed by atoms with Crippen molar-refractivity contribution < 1.29 is 55.1 Å². The second-order valence-electron chi connectivity index (χ2n) is 17.1. The SMILES string of the molecule is CC(C)C[C@H](NC(=O)[C@@H]1CCCN1C(=O)[C@@H](Cc1ccccc1)NC(=O)[C@@H](N)Cc1ccccc1)C(=O)N[C@@H](Cc1c[nH]c2ccccc12)C(=O)OCc1cc(C(F)(F)F)cc(C(F)(F)F)c1. The molecule has 0 radical (unpaired) electrons. The molecule has 18 heteroatoms. The molecule has 0 unspecified atom stereocenters. The number of nitrogens with one attached hydrogen (secondary N) is 4. The number of halogens is 6. The van der Waals surface area contributed by atoms with Crippen molar-refractivity contribution in [3.05, 3.63) is 143 Å². The lowest BCUT2D eigenvalue weighted by molar-refractivity contribution is -0.149. The number of aromatic nitrogens is 1. The Bertz CT molecular complexity index is 2480. The minimum atomic E-state index is -5.14. The van der Waals surface area contributed by atoms with Crippen LogP contribution >= 0.6 is 0 Å². The van der Waals surface area contributed by atoms with Gasteiger partial charge in [0.05, 0.1) is 17.2 Å². The maximum atomic E-state index is 14.4. The highest BCUT2D eigenvalue weighted by atomic mass is 19.4. The Balaban J connectivity index is 1.20. The molecule has 5 aromatic rings. The number of hydrogen-bond acceptors (Lipinski definition) is 7. The van der Waals surface area contributed by atoms with Crippen LogP contribution in [0.3, 0.4) is 0 Å². The zero-order chi connectivity index (χ0) is 48.5. The highest BCUT2D eigenvalue weighted by Gasteiger charge is 2.41. The van der Waals surface area contributed by atoms with Crippen LogP contribution in [0.5, 0.6) is 0 Å². The number of H-pyrrole nitrogens is 1. The molecular formula is C49H52F6N6O6. The van der Waals surface area contributed by atoms with Gasteiger partial charge in [0, 0.05) is 36.5 Å².